The molecular formula is C14H19F3N4O3. The number of nitro benzene ring substituents is 1. The van der Waals surface area contributed by atoms with Gasteiger partial charge in [0.1, 0.15) is 5.69 Å². The summed E-state index contributed by atoms with van der Waals surface area (Å²) in [4.78, 5) is 21.6. The van der Waals surface area contributed by atoms with Crippen LogP contribution < -0.4 is 16.4 Å². The van der Waals surface area contributed by atoms with Gasteiger partial charge in [-0.05, 0) is 26.0 Å². The number of alkyl halides is 3. The van der Waals surface area contributed by atoms with Crippen LogP contribution in [0.2, 0.25) is 0 Å². The van der Waals surface area contributed by atoms with Gasteiger partial charge < -0.3 is 16.4 Å². The molecule has 0 aromatic heterocycles. The van der Waals surface area contributed by atoms with Crippen LogP contribution in [0, 0.1) is 10.1 Å². The summed E-state index contributed by atoms with van der Waals surface area (Å²) in [6.07, 6.45) is -4.67. The Kier molecular flexibility index (Phi) is 6.13. The second-order valence-corrected chi connectivity index (χ2v) is 5.93. The molecule has 0 unspecified atom stereocenters. The summed E-state index contributed by atoms with van der Waals surface area (Å²) in [5.41, 5.74) is 3.24. The Bertz CT molecular complexity index is 612. The molecule has 1 rings (SSSR count). The molecule has 0 atom stereocenters. The van der Waals surface area contributed by atoms with E-state index >= 15 is 0 Å². The number of nitrogens with two attached hydrogens (primary N) is 1. The molecule has 10 heteroatoms. The van der Waals surface area contributed by atoms with E-state index < -0.39 is 27.9 Å². The third-order valence-electron chi connectivity index (χ3n) is 2.93. The molecule has 0 saturated heterocycles. The van der Waals surface area contributed by atoms with Crippen LogP contribution in [0.25, 0.3) is 0 Å². The van der Waals surface area contributed by atoms with E-state index in [1.54, 1.807) is 13.8 Å². The summed E-state index contributed by atoms with van der Waals surface area (Å²) in [5, 5.41) is 16.1. The molecule has 4 N–H and O–H groups in total. The van der Waals surface area contributed by atoms with E-state index in [0.29, 0.717) is 6.07 Å². The predicted molar refractivity (Wildman–Crippen MR) is 82.5 cm³/mol. The van der Waals surface area contributed by atoms with Crippen LogP contribution in [0.5, 0.6) is 0 Å². The molecule has 0 spiro atoms. The first-order valence-electron chi connectivity index (χ1n) is 7.05. The maximum atomic E-state index is 12.6. The molecule has 0 radical (unpaired) electrons. The van der Waals surface area contributed by atoms with Crippen LogP contribution in [-0.4, -0.2) is 29.5 Å². The van der Waals surface area contributed by atoms with Crippen LogP contribution in [0.1, 0.15) is 25.8 Å². The second-order valence-electron chi connectivity index (χ2n) is 5.93. The quantitative estimate of drug-likeness (QED) is 0.517. The van der Waals surface area contributed by atoms with Crippen molar-refractivity contribution in [2.75, 3.05) is 18.4 Å². The van der Waals surface area contributed by atoms with Crippen molar-refractivity contribution in [1.29, 1.82) is 0 Å². The first kappa shape index (κ1) is 19.7. The molecule has 1 aromatic rings. The Labute approximate surface area is 136 Å². The smallest absolute Gasteiger partial charge is 0.379 e. The topological polar surface area (TPSA) is 110 Å². The molecular weight excluding hydrogens is 329 g/mol. The lowest BCUT2D eigenvalue weighted by Crippen LogP contribution is -2.45. The van der Waals surface area contributed by atoms with Gasteiger partial charge in [0.15, 0.2) is 0 Å². The van der Waals surface area contributed by atoms with Gasteiger partial charge in [0.2, 0.25) is 5.91 Å². The van der Waals surface area contributed by atoms with Crippen molar-refractivity contribution in [3.63, 3.8) is 0 Å². The monoisotopic (exact) mass is 348 g/mol. The molecule has 1 amide bonds. The SMILES string of the molecule is CC(C)(N)CNC(=O)CCNc1ccc(C(F)(F)F)cc1[N+](=O)[O-]. The summed E-state index contributed by atoms with van der Waals surface area (Å²) in [6, 6.07) is 2.17. The van der Waals surface area contributed by atoms with Crippen LogP contribution in [0.15, 0.2) is 18.2 Å². The summed E-state index contributed by atoms with van der Waals surface area (Å²) < 4.78 is 37.8. The number of rotatable bonds is 7. The number of carbonyl (C=O) groups is 1. The highest BCUT2D eigenvalue weighted by Crippen LogP contribution is 2.34. The number of nitro groups is 1. The molecule has 134 valence electrons. The molecule has 0 aliphatic rings. The highest BCUT2D eigenvalue weighted by atomic mass is 19.4. The van der Waals surface area contributed by atoms with E-state index in [4.69, 9.17) is 5.73 Å². The number of halogens is 3. The Hall–Kier alpha value is -2.36. The minimum Gasteiger partial charge on any atom is -0.379 e. The van der Waals surface area contributed by atoms with Gasteiger partial charge in [-0.1, -0.05) is 0 Å². The summed E-state index contributed by atoms with van der Waals surface area (Å²) in [6.45, 7) is 3.75. The zero-order chi connectivity index (χ0) is 18.5. The number of anilines is 1. The highest BCUT2D eigenvalue weighted by molar-refractivity contribution is 5.76. The lowest BCUT2D eigenvalue weighted by molar-refractivity contribution is -0.384. The maximum absolute atomic E-state index is 12.6. The first-order valence-corrected chi connectivity index (χ1v) is 7.05. The zero-order valence-corrected chi connectivity index (χ0v) is 13.2. The van der Waals surface area contributed by atoms with Crippen LogP contribution in [-0.2, 0) is 11.0 Å². The molecule has 0 bridgehead atoms. The molecule has 0 saturated carbocycles. The highest BCUT2D eigenvalue weighted by Gasteiger charge is 2.33. The average Bonchev–Trinajstić information content (AvgIpc) is 2.43. The number of benzene rings is 1. The Balaban J connectivity index is 2.68. The van der Waals surface area contributed by atoms with Gasteiger partial charge in [0.25, 0.3) is 5.69 Å². The Morgan fingerprint density at radius 3 is 2.46 bits per heavy atom. The fourth-order valence-corrected chi connectivity index (χ4v) is 1.73. The molecule has 0 aliphatic heterocycles. The van der Waals surface area contributed by atoms with Crippen molar-refractivity contribution in [1.82, 2.24) is 5.32 Å². The van der Waals surface area contributed by atoms with Gasteiger partial charge in [-0.15, -0.1) is 0 Å². The van der Waals surface area contributed by atoms with Gasteiger partial charge in [0, 0.05) is 31.1 Å². The molecule has 7 nitrogen and oxygen atoms in total. The number of hydrogen-bond acceptors (Lipinski definition) is 5. The number of amides is 1. The maximum Gasteiger partial charge on any atom is 0.416 e. The van der Waals surface area contributed by atoms with E-state index in [0.717, 1.165) is 12.1 Å². The molecule has 0 heterocycles. The Morgan fingerprint density at radius 1 is 1.33 bits per heavy atom. The van der Waals surface area contributed by atoms with E-state index in [-0.39, 0.29) is 31.1 Å². The molecule has 0 aliphatic carbocycles. The van der Waals surface area contributed by atoms with E-state index in [1.165, 1.54) is 0 Å². The van der Waals surface area contributed by atoms with Gasteiger partial charge in [-0.3, -0.25) is 14.9 Å². The molecule has 1 aromatic carbocycles. The van der Waals surface area contributed by atoms with E-state index in [2.05, 4.69) is 10.6 Å². The molecule has 24 heavy (non-hydrogen) atoms. The third-order valence-corrected chi connectivity index (χ3v) is 2.93. The van der Waals surface area contributed by atoms with Crippen molar-refractivity contribution < 1.29 is 22.9 Å². The van der Waals surface area contributed by atoms with Gasteiger partial charge in [0.05, 0.1) is 10.5 Å². The largest absolute Gasteiger partial charge is 0.416 e. The van der Waals surface area contributed by atoms with Crippen molar-refractivity contribution in [2.24, 2.45) is 5.73 Å². The lowest BCUT2D eigenvalue weighted by atomic mass is 10.1. The standard InChI is InChI=1S/C14H19F3N4O3/c1-13(2,18)8-20-12(22)5-6-19-10-4-3-9(14(15,16)17)7-11(10)21(23)24/h3-4,7,19H,5-6,8,18H2,1-2H3,(H,20,22). The predicted octanol–water partition coefficient (Wildman–Crippen LogP) is 2.27. The summed E-state index contributed by atoms with van der Waals surface area (Å²) in [5.74, 6) is -0.324. The zero-order valence-electron chi connectivity index (χ0n) is 13.2. The van der Waals surface area contributed by atoms with Crippen molar-refractivity contribution >= 4 is 17.3 Å². The van der Waals surface area contributed by atoms with Gasteiger partial charge in [-0.2, -0.15) is 13.2 Å². The van der Waals surface area contributed by atoms with Crippen LogP contribution in [0.3, 0.4) is 0 Å². The minimum absolute atomic E-state index is 0.00570. The van der Waals surface area contributed by atoms with Gasteiger partial charge in [-0.25, -0.2) is 0 Å². The van der Waals surface area contributed by atoms with Crippen LogP contribution in [0.4, 0.5) is 24.5 Å². The summed E-state index contributed by atoms with van der Waals surface area (Å²) >= 11 is 0. The lowest BCUT2D eigenvalue weighted by Gasteiger charge is -2.19. The Morgan fingerprint density at radius 2 is 1.96 bits per heavy atom. The van der Waals surface area contributed by atoms with Crippen molar-refractivity contribution in [3.05, 3.63) is 33.9 Å². The number of nitrogens with one attached hydrogen (secondary N) is 2. The number of nitrogens with zero attached hydrogens (tertiary/aromatic N) is 1. The first-order chi connectivity index (χ1) is 10.9. The van der Waals surface area contributed by atoms with Crippen molar-refractivity contribution in [3.8, 4) is 0 Å². The van der Waals surface area contributed by atoms with Gasteiger partial charge >= 0.3 is 6.18 Å². The van der Waals surface area contributed by atoms with E-state index in [1.807, 2.05) is 0 Å². The fraction of sp³-hybridized carbons (Fsp3) is 0.500. The number of carbonyl (C=O) groups excluding carboxylic acids is 1. The average molecular weight is 348 g/mol. The number of hydrogen-bond donors (Lipinski definition) is 3. The second kappa shape index (κ2) is 7.47. The normalized spacial score (nSPS) is 11.9. The minimum atomic E-state index is -4.67. The fourth-order valence-electron chi connectivity index (χ4n) is 1.73. The molecule has 0 fully saturated rings. The van der Waals surface area contributed by atoms with E-state index in [9.17, 15) is 28.1 Å². The third kappa shape index (κ3) is 6.41. The van der Waals surface area contributed by atoms with Crippen molar-refractivity contribution in [2.45, 2.75) is 32.0 Å². The van der Waals surface area contributed by atoms with Crippen LogP contribution >= 0.6 is 0 Å². The summed E-state index contributed by atoms with van der Waals surface area (Å²) in [7, 11) is 0.